The third-order valence-electron chi connectivity index (χ3n) is 3.02. The number of hydrogen-bond acceptors (Lipinski definition) is 5. The molecular weight excluding hydrogens is 316 g/mol. The Morgan fingerprint density at radius 1 is 1.17 bits per heavy atom. The molecule has 9 nitrogen and oxygen atoms in total. The smallest absolute Gasteiger partial charge is 0.327 e. The van der Waals surface area contributed by atoms with Gasteiger partial charge in [0.1, 0.15) is 5.75 Å². The predicted molar refractivity (Wildman–Crippen MR) is 83.7 cm³/mol. The molecule has 1 aromatic carbocycles. The molecule has 0 saturated carbocycles. The Morgan fingerprint density at radius 2 is 1.88 bits per heavy atom. The zero-order valence-electron chi connectivity index (χ0n) is 13.2. The Labute approximate surface area is 138 Å². The molecule has 0 radical (unpaired) electrons. The molecule has 0 unspecified atom stereocenters. The molecule has 0 aromatic heterocycles. The summed E-state index contributed by atoms with van der Waals surface area (Å²) < 4.78 is 5.46. The Balaban J connectivity index is 1.84. The number of hydrazine groups is 1. The van der Waals surface area contributed by atoms with Crippen molar-refractivity contribution in [1.29, 1.82) is 0 Å². The van der Waals surface area contributed by atoms with Gasteiger partial charge in [0.15, 0.2) is 6.10 Å². The van der Waals surface area contributed by atoms with Crippen molar-refractivity contribution in [3.05, 3.63) is 24.3 Å². The van der Waals surface area contributed by atoms with Gasteiger partial charge < -0.3 is 15.4 Å². The number of anilines is 1. The number of rotatable bonds is 3. The number of hydrogen-bond donors (Lipinski definition) is 4. The van der Waals surface area contributed by atoms with Crippen molar-refractivity contribution >= 4 is 29.3 Å². The molecule has 1 aliphatic heterocycles. The quantitative estimate of drug-likeness (QED) is 0.436. The van der Waals surface area contributed by atoms with E-state index >= 15 is 0 Å². The Bertz CT molecular complexity index is 674. The van der Waals surface area contributed by atoms with Crippen molar-refractivity contribution in [3.8, 4) is 5.75 Å². The maximum absolute atomic E-state index is 11.9. The number of benzene rings is 1. The summed E-state index contributed by atoms with van der Waals surface area (Å²) in [6, 6.07) is 6.61. The Morgan fingerprint density at radius 3 is 2.58 bits per heavy atom. The van der Waals surface area contributed by atoms with Crippen molar-refractivity contribution in [2.45, 2.75) is 32.4 Å². The van der Waals surface area contributed by atoms with Gasteiger partial charge in [-0.1, -0.05) is 12.1 Å². The number of carbonyl (C=O) groups excluding carboxylic acids is 4. The second kappa shape index (κ2) is 7.44. The molecule has 0 saturated heterocycles. The molecule has 24 heavy (non-hydrogen) atoms. The number of carbonyl (C=O) groups is 4. The SMILES string of the molecule is CC(C)NC(=O)C(=O)NNC(=O)C[C@H]1Oc2ccccc2NC1=O. The molecule has 0 spiro atoms. The molecule has 0 bridgehead atoms. The van der Waals surface area contributed by atoms with Crippen molar-refractivity contribution < 1.29 is 23.9 Å². The number of amides is 4. The van der Waals surface area contributed by atoms with Gasteiger partial charge in [0.2, 0.25) is 5.91 Å². The van der Waals surface area contributed by atoms with Crippen LogP contribution < -0.4 is 26.2 Å². The average Bonchev–Trinajstić information content (AvgIpc) is 2.52. The minimum absolute atomic E-state index is 0.210. The summed E-state index contributed by atoms with van der Waals surface area (Å²) in [6.07, 6.45) is -1.34. The minimum Gasteiger partial charge on any atom is -0.478 e. The summed E-state index contributed by atoms with van der Waals surface area (Å²) in [5.74, 6) is -2.55. The van der Waals surface area contributed by atoms with Gasteiger partial charge in [0.25, 0.3) is 5.91 Å². The van der Waals surface area contributed by atoms with Crippen LogP contribution in [0.4, 0.5) is 5.69 Å². The van der Waals surface area contributed by atoms with Crippen molar-refractivity contribution in [1.82, 2.24) is 16.2 Å². The number of para-hydroxylation sites is 2. The number of ether oxygens (including phenoxy) is 1. The van der Waals surface area contributed by atoms with Gasteiger partial charge in [-0.2, -0.15) is 0 Å². The minimum atomic E-state index is -1.03. The molecular formula is C15H18N4O5. The molecule has 0 fully saturated rings. The van der Waals surface area contributed by atoms with Gasteiger partial charge in [-0.3, -0.25) is 30.0 Å². The van der Waals surface area contributed by atoms with Crippen LogP contribution >= 0.6 is 0 Å². The van der Waals surface area contributed by atoms with Crippen LogP contribution in [0.1, 0.15) is 20.3 Å². The van der Waals surface area contributed by atoms with E-state index in [9.17, 15) is 19.2 Å². The average molecular weight is 334 g/mol. The molecule has 1 aromatic rings. The molecule has 1 heterocycles. The van der Waals surface area contributed by atoms with Crippen LogP contribution in [0, 0.1) is 0 Å². The molecule has 2 rings (SSSR count). The second-order valence-corrected chi connectivity index (χ2v) is 5.43. The van der Waals surface area contributed by atoms with Crippen molar-refractivity contribution in [2.24, 2.45) is 0 Å². The van der Waals surface area contributed by atoms with Crippen LogP contribution in [-0.2, 0) is 19.2 Å². The zero-order chi connectivity index (χ0) is 17.7. The topological polar surface area (TPSA) is 126 Å². The molecule has 128 valence electrons. The second-order valence-electron chi connectivity index (χ2n) is 5.43. The van der Waals surface area contributed by atoms with Crippen molar-refractivity contribution in [2.75, 3.05) is 5.32 Å². The summed E-state index contributed by atoms with van der Waals surface area (Å²) in [7, 11) is 0. The highest BCUT2D eigenvalue weighted by atomic mass is 16.5. The van der Waals surface area contributed by atoms with Gasteiger partial charge in [-0.15, -0.1) is 0 Å². The maximum atomic E-state index is 11.9. The number of nitrogens with one attached hydrogen (secondary N) is 4. The fourth-order valence-corrected chi connectivity index (χ4v) is 1.96. The van der Waals surface area contributed by atoms with Gasteiger partial charge >= 0.3 is 11.8 Å². The maximum Gasteiger partial charge on any atom is 0.327 e. The van der Waals surface area contributed by atoms with Crippen LogP contribution in [-0.4, -0.2) is 35.8 Å². The first kappa shape index (κ1) is 17.3. The van der Waals surface area contributed by atoms with Gasteiger partial charge in [-0.05, 0) is 26.0 Å². The highest BCUT2D eigenvalue weighted by molar-refractivity contribution is 6.35. The monoisotopic (exact) mass is 334 g/mol. The van der Waals surface area contributed by atoms with E-state index in [0.29, 0.717) is 11.4 Å². The largest absolute Gasteiger partial charge is 0.478 e. The molecule has 4 N–H and O–H groups in total. The highest BCUT2D eigenvalue weighted by Gasteiger charge is 2.29. The lowest BCUT2D eigenvalue weighted by atomic mass is 10.1. The van der Waals surface area contributed by atoms with Crippen LogP contribution in [0.3, 0.4) is 0 Å². The van der Waals surface area contributed by atoms with E-state index in [4.69, 9.17) is 4.74 Å². The Kier molecular flexibility index (Phi) is 5.35. The van der Waals surface area contributed by atoms with E-state index < -0.39 is 29.7 Å². The van der Waals surface area contributed by atoms with E-state index in [2.05, 4.69) is 16.1 Å². The molecule has 9 heteroatoms. The summed E-state index contributed by atoms with van der Waals surface area (Å²) in [5, 5.41) is 5.00. The first-order valence-corrected chi connectivity index (χ1v) is 7.33. The number of fused-ring (bicyclic) bond motifs is 1. The lowest BCUT2D eigenvalue weighted by Gasteiger charge is -2.25. The lowest BCUT2D eigenvalue weighted by Crippen LogP contribution is -2.51. The van der Waals surface area contributed by atoms with E-state index in [-0.39, 0.29) is 12.5 Å². The molecule has 1 aliphatic rings. The normalized spacial score (nSPS) is 15.6. The first-order chi connectivity index (χ1) is 11.4. The highest BCUT2D eigenvalue weighted by Crippen LogP contribution is 2.29. The molecule has 1 atom stereocenters. The fraction of sp³-hybridized carbons (Fsp3) is 0.333. The third-order valence-corrected chi connectivity index (χ3v) is 3.02. The van der Waals surface area contributed by atoms with E-state index in [1.54, 1.807) is 38.1 Å². The predicted octanol–water partition coefficient (Wildman–Crippen LogP) is -0.552. The summed E-state index contributed by atoms with van der Waals surface area (Å²) >= 11 is 0. The first-order valence-electron chi connectivity index (χ1n) is 7.33. The van der Waals surface area contributed by atoms with Crippen LogP contribution in [0.15, 0.2) is 24.3 Å². The van der Waals surface area contributed by atoms with Crippen LogP contribution in [0.5, 0.6) is 5.75 Å². The molecule has 4 amide bonds. The summed E-state index contributed by atoms with van der Waals surface area (Å²) in [4.78, 5) is 46.5. The lowest BCUT2D eigenvalue weighted by molar-refractivity contribution is -0.141. The summed E-state index contributed by atoms with van der Waals surface area (Å²) in [5.41, 5.74) is 4.57. The van der Waals surface area contributed by atoms with Crippen LogP contribution in [0.25, 0.3) is 0 Å². The van der Waals surface area contributed by atoms with E-state index in [1.807, 2.05) is 5.43 Å². The fourth-order valence-electron chi connectivity index (χ4n) is 1.96. The van der Waals surface area contributed by atoms with E-state index in [1.165, 1.54) is 0 Å². The summed E-state index contributed by atoms with van der Waals surface area (Å²) in [6.45, 7) is 3.39. The zero-order valence-corrected chi connectivity index (χ0v) is 13.2. The molecule has 0 aliphatic carbocycles. The van der Waals surface area contributed by atoms with Gasteiger partial charge in [0.05, 0.1) is 12.1 Å². The Hall–Kier alpha value is -3.10. The van der Waals surface area contributed by atoms with Gasteiger partial charge in [0, 0.05) is 6.04 Å². The standard InChI is InChI=1S/C15H18N4O5/c1-8(2)16-14(22)15(23)19-18-12(20)7-11-13(21)17-9-5-3-4-6-10(9)24-11/h3-6,8,11H,7H2,1-2H3,(H,16,22)(H,17,21)(H,18,20)(H,19,23)/t11-/m1/s1. The third kappa shape index (κ3) is 4.45. The van der Waals surface area contributed by atoms with E-state index in [0.717, 1.165) is 0 Å². The van der Waals surface area contributed by atoms with Crippen LogP contribution in [0.2, 0.25) is 0 Å². The van der Waals surface area contributed by atoms with Gasteiger partial charge in [-0.25, -0.2) is 0 Å². The van der Waals surface area contributed by atoms with Crippen molar-refractivity contribution in [3.63, 3.8) is 0 Å².